The zero-order valence-corrected chi connectivity index (χ0v) is 24.5. The van der Waals surface area contributed by atoms with Crippen LogP contribution >= 0.6 is 0 Å². The Balaban J connectivity index is 1.47. The van der Waals surface area contributed by atoms with Crippen LogP contribution in [0.15, 0.2) is 36.5 Å². The Kier molecular flexibility index (Phi) is 9.06. The van der Waals surface area contributed by atoms with Gasteiger partial charge in [0.25, 0.3) is 0 Å². The van der Waals surface area contributed by atoms with Crippen molar-refractivity contribution < 1.29 is 38.6 Å². The fourth-order valence-corrected chi connectivity index (χ4v) is 5.65. The van der Waals surface area contributed by atoms with Crippen molar-refractivity contribution in [3.8, 4) is 11.1 Å². The van der Waals surface area contributed by atoms with E-state index in [1.54, 1.807) is 47.1 Å². The lowest BCUT2D eigenvalue weighted by molar-refractivity contribution is -0.141. The molecule has 0 saturated carbocycles. The summed E-state index contributed by atoms with van der Waals surface area (Å²) in [5.74, 6) is -4.28. The molecular formula is C30H32FN7O7. The van der Waals surface area contributed by atoms with Gasteiger partial charge >= 0.3 is 11.9 Å². The molecule has 2 aromatic carbocycles. The lowest BCUT2D eigenvalue weighted by Gasteiger charge is -2.31. The zero-order chi connectivity index (χ0) is 32.2. The van der Waals surface area contributed by atoms with Crippen LogP contribution in [-0.4, -0.2) is 90.5 Å². The number of benzene rings is 2. The molecule has 0 aliphatic carbocycles. The third kappa shape index (κ3) is 6.92. The Hall–Kier alpha value is -5.34. The number of likely N-dealkylation sites (tertiary alicyclic amines) is 1. The number of carboxylic acids is 2. The van der Waals surface area contributed by atoms with Crippen LogP contribution in [0.5, 0.6) is 0 Å². The van der Waals surface area contributed by atoms with Crippen LogP contribution in [0.3, 0.4) is 0 Å². The molecule has 1 aliphatic rings. The first-order valence-electron chi connectivity index (χ1n) is 14.4. The number of aromatic nitrogens is 4. The second kappa shape index (κ2) is 13.1. The normalized spacial score (nSPS) is 13.7. The molecule has 0 radical (unpaired) electrons. The maximum absolute atomic E-state index is 15.6. The standard InChI is InChI=1S/C30H32FN7O7/c1-36-23-12-20(21(31)11-18(23)13-34-36)19-3-2-4-22-29(19)30(17-7-9-37(10-8-17)26(41)5-6-27(42)43)35-38(22)16-25(40)32-14-24(39)33-15-28(44)45/h2-4,11-13,17H,5-10,14-16H2,1H3,(H,32,40)(H,33,39)(H,42,43)(H,44,45). The van der Waals surface area contributed by atoms with E-state index in [0.29, 0.717) is 59.0 Å². The van der Waals surface area contributed by atoms with E-state index in [4.69, 9.17) is 15.3 Å². The Morgan fingerprint density at radius 2 is 1.67 bits per heavy atom. The molecule has 2 aromatic heterocycles. The number of halogens is 1. The number of amides is 3. The average molecular weight is 622 g/mol. The van der Waals surface area contributed by atoms with Crippen LogP contribution in [0.1, 0.15) is 37.3 Å². The molecule has 0 unspecified atom stereocenters. The summed E-state index contributed by atoms with van der Waals surface area (Å²) in [5.41, 5.74) is 2.83. The van der Waals surface area contributed by atoms with E-state index in [0.717, 1.165) is 5.52 Å². The molecule has 0 bridgehead atoms. The molecule has 1 aliphatic heterocycles. The minimum atomic E-state index is -1.21. The maximum atomic E-state index is 15.6. The van der Waals surface area contributed by atoms with Crippen LogP contribution in [0.25, 0.3) is 32.9 Å². The largest absolute Gasteiger partial charge is 0.481 e. The highest BCUT2D eigenvalue weighted by molar-refractivity contribution is 6.00. The quantitative estimate of drug-likeness (QED) is 0.193. The van der Waals surface area contributed by atoms with Crippen LogP contribution in [0.2, 0.25) is 0 Å². The van der Waals surface area contributed by atoms with Crippen LogP contribution in [0.4, 0.5) is 4.39 Å². The molecule has 3 amide bonds. The smallest absolute Gasteiger partial charge is 0.322 e. The fraction of sp³-hybridized carbons (Fsp3) is 0.367. The van der Waals surface area contributed by atoms with Gasteiger partial charge in [0.2, 0.25) is 17.7 Å². The maximum Gasteiger partial charge on any atom is 0.322 e. The number of rotatable bonds is 11. The van der Waals surface area contributed by atoms with E-state index in [2.05, 4.69) is 15.7 Å². The topological polar surface area (TPSA) is 189 Å². The second-order valence-corrected chi connectivity index (χ2v) is 10.9. The molecule has 0 atom stereocenters. The summed E-state index contributed by atoms with van der Waals surface area (Å²) >= 11 is 0. The van der Waals surface area contributed by atoms with E-state index in [9.17, 15) is 24.0 Å². The highest BCUT2D eigenvalue weighted by Crippen LogP contribution is 2.39. The van der Waals surface area contributed by atoms with Gasteiger partial charge < -0.3 is 25.7 Å². The highest BCUT2D eigenvalue weighted by Gasteiger charge is 2.29. The van der Waals surface area contributed by atoms with Gasteiger partial charge in [-0.15, -0.1) is 0 Å². The predicted molar refractivity (Wildman–Crippen MR) is 158 cm³/mol. The average Bonchev–Trinajstić information content (AvgIpc) is 3.56. The molecule has 236 valence electrons. The number of aliphatic carboxylic acids is 2. The number of carboxylic acid groups (broad SMARTS) is 2. The van der Waals surface area contributed by atoms with Crippen LogP contribution in [0, 0.1) is 5.82 Å². The summed E-state index contributed by atoms with van der Waals surface area (Å²) in [4.78, 5) is 60.5. The number of nitrogens with zero attached hydrogens (tertiary/aromatic N) is 5. The molecule has 1 saturated heterocycles. The van der Waals surface area contributed by atoms with E-state index in [1.165, 1.54) is 10.7 Å². The number of aryl methyl sites for hydroxylation is 1. The number of carbonyl (C=O) groups is 5. The van der Waals surface area contributed by atoms with Crippen LogP contribution < -0.4 is 10.6 Å². The first kappa shape index (κ1) is 31.1. The van der Waals surface area contributed by atoms with E-state index in [-0.39, 0.29) is 31.2 Å². The molecule has 1 fully saturated rings. The first-order chi connectivity index (χ1) is 21.5. The van der Waals surface area contributed by atoms with Crippen molar-refractivity contribution >= 4 is 51.5 Å². The molecule has 0 spiro atoms. The molecule has 5 rings (SSSR count). The number of piperidine rings is 1. The second-order valence-electron chi connectivity index (χ2n) is 10.9. The predicted octanol–water partition coefficient (Wildman–Crippen LogP) is 1.62. The third-order valence-corrected chi connectivity index (χ3v) is 7.89. The molecule has 45 heavy (non-hydrogen) atoms. The Morgan fingerprint density at radius 1 is 0.933 bits per heavy atom. The molecule has 14 nitrogen and oxygen atoms in total. The molecular weight excluding hydrogens is 589 g/mol. The lowest BCUT2D eigenvalue weighted by atomic mass is 9.88. The van der Waals surface area contributed by atoms with Gasteiger partial charge in [-0.2, -0.15) is 10.2 Å². The fourth-order valence-electron chi connectivity index (χ4n) is 5.65. The SMILES string of the molecule is Cn1ncc2cc(F)c(-c3cccc4c3c(C3CCN(C(=O)CCC(=O)O)CC3)nn4CC(=O)NCC(=O)NCC(=O)O)cc21. The van der Waals surface area contributed by atoms with E-state index in [1.807, 2.05) is 0 Å². The van der Waals surface area contributed by atoms with Gasteiger partial charge in [0.1, 0.15) is 18.9 Å². The van der Waals surface area contributed by atoms with Gasteiger partial charge in [0, 0.05) is 48.8 Å². The molecule has 4 aromatic rings. The first-order valence-corrected chi connectivity index (χ1v) is 14.4. The van der Waals surface area contributed by atoms with Gasteiger partial charge in [-0.3, -0.25) is 33.3 Å². The third-order valence-electron chi connectivity index (χ3n) is 7.89. The van der Waals surface area contributed by atoms with Gasteiger partial charge in [0.15, 0.2) is 0 Å². The van der Waals surface area contributed by atoms with Crippen molar-refractivity contribution in [3.63, 3.8) is 0 Å². The van der Waals surface area contributed by atoms with Gasteiger partial charge in [0.05, 0.1) is 35.9 Å². The van der Waals surface area contributed by atoms with Crippen molar-refractivity contribution in [2.75, 3.05) is 26.2 Å². The van der Waals surface area contributed by atoms with Gasteiger partial charge in [-0.1, -0.05) is 12.1 Å². The molecule has 15 heteroatoms. The van der Waals surface area contributed by atoms with Crippen molar-refractivity contribution in [1.29, 1.82) is 0 Å². The lowest BCUT2D eigenvalue weighted by Crippen LogP contribution is -2.40. The number of carbonyl (C=O) groups excluding carboxylic acids is 3. The zero-order valence-electron chi connectivity index (χ0n) is 24.5. The van der Waals surface area contributed by atoms with Crippen molar-refractivity contribution in [2.45, 2.75) is 38.1 Å². The Bertz CT molecular complexity index is 1810. The number of nitrogens with one attached hydrogen (secondary N) is 2. The number of fused-ring (bicyclic) bond motifs is 2. The molecule has 3 heterocycles. The van der Waals surface area contributed by atoms with Crippen LogP contribution in [-0.2, 0) is 37.6 Å². The number of hydrogen-bond donors (Lipinski definition) is 4. The summed E-state index contributed by atoms with van der Waals surface area (Å²) in [6, 6.07) is 8.45. The van der Waals surface area contributed by atoms with Crippen molar-refractivity contribution in [2.24, 2.45) is 7.05 Å². The minimum Gasteiger partial charge on any atom is -0.481 e. The summed E-state index contributed by atoms with van der Waals surface area (Å²) in [6.45, 7) is -0.479. The Morgan fingerprint density at radius 3 is 2.38 bits per heavy atom. The van der Waals surface area contributed by atoms with E-state index < -0.39 is 42.7 Å². The van der Waals surface area contributed by atoms with Gasteiger partial charge in [-0.25, -0.2) is 4.39 Å². The Labute approximate surface area is 255 Å². The van der Waals surface area contributed by atoms with Crippen molar-refractivity contribution in [3.05, 3.63) is 48.0 Å². The van der Waals surface area contributed by atoms with Crippen molar-refractivity contribution in [1.82, 2.24) is 35.1 Å². The molecule has 4 N–H and O–H groups in total. The van der Waals surface area contributed by atoms with Gasteiger partial charge in [-0.05, 0) is 36.6 Å². The summed E-state index contributed by atoms with van der Waals surface area (Å²) in [7, 11) is 1.76. The summed E-state index contributed by atoms with van der Waals surface area (Å²) in [6.07, 6.45) is 2.31. The summed E-state index contributed by atoms with van der Waals surface area (Å²) in [5, 5.41) is 32.6. The number of hydrogen-bond acceptors (Lipinski definition) is 7. The highest BCUT2D eigenvalue weighted by atomic mass is 19.1. The van der Waals surface area contributed by atoms with E-state index >= 15 is 4.39 Å². The minimum absolute atomic E-state index is 0.0824. The monoisotopic (exact) mass is 621 g/mol. The summed E-state index contributed by atoms with van der Waals surface area (Å²) < 4.78 is 18.7.